The van der Waals surface area contributed by atoms with Gasteiger partial charge in [-0.05, 0) is 43.9 Å². The van der Waals surface area contributed by atoms with Crippen LogP contribution < -0.4 is 16.3 Å². The Morgan fingerprint density at radius 3 is 2.79 bits per heavy atom. The van der Waals surface area contributed by atoms with Crippen molar-refractivity contribution in [2.45, 2.75) is 31.7 Å². The average Bonchev–Trinajstić information content (AvgIpc) is 3.03. The molecule has 0 amide bonds. The van der Waals surface area contributed by atoms with Crippen LogP contribution in [-0.4, -0.2) is 73.1 Å². The maximum Gasteiger partial charge on any atom is 0.329 e. The van der Waals surface area contributed by atoms with Crippen LogP contribution in [0.5, 0.6) is 0 Å². The number of piperazine rings is 1. The second-order valence-electron chi connectivity index (χ2n) is 8.30. The number of aryl methyl sites for hydroxylation is 2. The van der Waals surface area contributed by atoms with Crippen molar-refractivity contribution < 1.29 is 4.74 Å². The minimum absolute atomic E-state index is 0.105. The Bertz CT molecular complexity index is 847. The van der Waals surface area contributed by atoms with E-state index in [0.717, 1.165) is 95.7 Å². The number of hydrogen-bond donors (Lipinski definition) is 2. The molecule has 7 nitrogen and oxygen atoms in total. The topological polar surface area (TPSA) is 63.5 Å². The third-order valence-corrected chi connectivity index (χ3v) is 6.32. The first kappa shape index (κ1) is 20.6. The number of aromatic nitrogens is 2. The Hall–Kier alpha value is -1.67. The van der Waals surface area contributed by atoms with E-state index in [1.165, 1.54) is 5.56 Å². The van der Waals surface area contributed by atoms with Gasteiger partial charge in [-0.1, -0.05) is 12.1 Å². The van der Waals surface area contributed by atoms with Crippen LogP contribution in [-0.2, 0) is 18.2 Å². The summed E-state index contributed by atoms with van der Waals surface area (Å²) in [6, 6.07) is 6.60. The van der Waals surface area contributed by atoms with Crippen molar-refractivity contribution in [1.82, 2.24) is 24.7 Å². The summed E-state index contributed by atoms with van der Waals surface area (Å²) in [4.78, 5) is 15.4. The summed E-state index contributed by atoms with van der Waals surface area (Å²) in [6.45, 7) is 8.92. The molecule has 2 fully saturated rings. The largest absolute Gasteiger partial charge is 0.380 e. The second kappa shape index (κ2) is 9.89. The number of fused-ring (bicyclic) bond motifs is 1. The maximum atomic E-state index is 13.0. The molecule has 2 aliphatic heterocycles. The molecule has 0 spiro atoms. The number of imidazole rings is 1. The molecular weight excluding hydrogens is 366 g/mol. The van der Waals surface area contributed by atoms with Crippen LogP contribution in [0.4, 0.5) is 0 Å². The molecule has 1 atom stereocenters. The van der Waals surface area contributed by atoms with E-state index in [0.29, 0.717) is 0 Å². The Morgan fingerprint density at radius 2 is 2.00 bits per heavy atom. The van der Waals surface area contributed by atoms with Crippen LogP contribution in [0, 0.1) is 0 Å². The number of rotatable bonds is 8. The molecule has 1 aromatic carbocycles. The molecule has 0 bridgehead atoms. The first-order valence-electron chi connectivity index (χ1n) is 11.2. The smallest absolute Gasteiger partial charge is 0.329 e. The molecule has 7 heteroatoms. The van der Waals surface area contributed by atoms with Gasteiger partial charge in [-0.25, -0.2) is 4.79 Å². The zero-order valence-corrected chi connectivity index (χ0v) is 17.7. The van der Waals surface area contributed by atoms with Crippen molar-refractivity contribution in [2.24, 2.45) is 7.05 Å². The Morgan fingerprint density at radius 1 is 1.14 bits per heavy atom. The molecule has 3 heterocycles. The molecule has 2 aromatic rings. The van der Waals surface area contributed by atoms with Gasteiger partial charge in [0.25, 0.3) is 0 Å². The molecule has 2 saturated heterocycles. The highest BCUT2D eigenvalue weighted by Crippen LogP contribution is 2.24. The van der Waals surface area contributed by atoms with Gasteiger partial charge < -0.3 is 15.4 Å². The van der Waals surface area contributed by atoms with Gasteiger partial charge in [0.2, 0.25) is 0 Å². The van der Waals surface area contributed by atoms with Gasteiger partial charge in [-0.15, -0.1) is 0 Å². The van der Waals surface area contributed by atoms with E-state index in [1.54, 1.807) is 0 Å². The fourth-order valence-electron chi connectivity index (χ4n) is 4.72. The van der Waals surface area contributed by atoms with Crippen molar-refractivity contribution >= 4 is 11.0 Å². The maximum absolute atomic E-state index is 13.0. The van der Waals surface area contributed by atoms with E-state index in [2.05, 4.69) is 33.7 Å². The van der Waals surface area contributed by atoms with Crippen LogP contribution >= 0.6 is 0 Å². The third kappa shape index (κ3) is 4.74. The van der Waals surface area contributed by atoms with E-state index < -0.39 is 0 Å². The molecule has 0 saturated carbocycles. The van der Waals surface area contributed by atoms with Crippen LogP contribution in [0.2, 0.25) is 0 Å². The molecular formula is C22H35N5O2. The molecule has 29 heavy (non-hydrogen) atoms. The minimum Gasteiger partial charge on any atom is -0.380 e. The third-order valence-electron chi connectivity index (χ3n) is 6.32. The van der Waals surface area contributed by atoms with Gasteiger partial charge >= 0.3 is 5.69 Å². The van der Waals surface area contributed by atoms with E-state index in [4.69, 9.17) is 4.74 Å². The molecule has 2 aliphatic rings. The van der Waals surface area contributed by atoms with Crippen LogP contribution in [0.3, 0.4) is 0 Å². The van der Waals surface area contributed by atoms with E-state index >= 15 is 0 Å². The number of hydrogen-bond acceptors (Lipinski definition) is 5. The van der Waals surface area contributed by atoms with Crippen LogP contribution in [0.1, 0.15) is 30.9 Å². The van der Waals surface area contributed by atoms with Crippen molar-refractivity contribution in [3.63, 3.8) is 0 Å². The van der Waals surface area contributed by atoms with E-state index in [1.807, 2.05) is 16.2 Å². The number of ether oxygens (including phenoxy) is 1. The van der Waals surface area contributed by atoms with Gasteiger partial charge in [0.1, 0.15) is 0 Å². The molecule has 0 aliphatic carbocycles. The normalized spacial score (nSPS) is 21.1. The summed E-state index contributed by atoms with van der Waals surface area (Å²) < 4.78 is 9.73. The highest BCUT2D eigenvalue weighted by atomic mass is 16.5. The van der Waals surface area contributed by atoms with Gasteiger partial charge in [0.05, 0.1) is 23.7 Å². The molecule has 1 aromatic heterocycles. The van der Waals surface area contributed by atoms with E-state index in [-0.39, 0.29) is 11.7 Å². The summed E-state index contributed by atoms with van der Waals surface area (Å²) in [6.07, 6.45) is 4.10. The minimum atomic E-state index is 0.105. The van der Waals surface area contributed by atoms with Gasteiger partial charge in [-0.2, -0.15) is 0 Å². The number of benzene rings is 1. The number of para-hydroxylation sites is 1. The Balaban J connectivity index is 1.36. The monoisotopic (exact) mass is 401 g/mol. The number of nitrogens with one attached hydrogen (secondary N) is 2. The lowest BCUT2D eigenvalue weighted by Gasteiger charge is -2.26. The van der Waals surface area contributed by atoms with Gasteiger partial charge in [0.15, 0.2) is 0 Å². The fourth-order valence-corrected chi connectivity index (χ4v) is 4.72. The number of nitrogens with zero attached hydrogens (tertiary/aromatic N) is 3. The predicted molar refractivity (Wildman–Crippen MR) is 117 cm³/mol. The lowest BCUT2D eigenvalue weighted by Crippen LogP contribution is -2.44. The molecule has 4 rings (SSSR count). The molecule has 160 valence electrons. The first-order valence-corrected chi connectivity index (χ1v) is 11.2. The highest BCUT2D eigenvalue weighted by molar-refractivity contribution is 5.80. The lowest BCUT2D eigenvalue weighted by atomic mass is 10.1. The van der Waals surface area contributed by atoms with Crippen LogP contribution in [0.15, 0.2) is 23.0 Å². The summed E-state index contributed by atoms with van der Waals surface area (Å²) in [5.41, 5.74) is 3.51. The van der Waals surface area contributed by atoms with E-state index in [9.17, 15) is 4.79 Å². The fraction of sp³-hybridized carbons (Fsp3) is 0.682. The average molecular weight is 402 g/mol. The quantitative estimate of drug-likeness (QED) is 0.649. The second-order valence-corrected chi connectivity index (χ2v) is 8.30. The van der Waals surface area contributed by atoms with Gasteiger partial charge in [0, 0.05) is 52.9 Å². The summed E-state index contributed by atoms with van der Waals surface area (Å²) in [7, 11) is 1.91. The van der Waals surface area contributed by atoms with Crippen molar-refractivity contribution in [2.75, 3.05) is 59.0 Å². The first-order chi connectivity index (χ1) is 14.3. The van der Waals surface area contributed by atoms with Crippen molar-refractivity contribution in [1.29, 1.82) is 0 Å². The van der Waals surface area contributed by atoms with Crippen LogP contribution in [0.25, 0.3) is 11.0 Å². The van der Waals surface area contributed by atoms with Gasteiger partial charge in [-0.3, -0.25) is 14.0 Å². The number of piperidine rings is 1. The zero-order valence-electron chi connectivity index (χ0n) is 17.7. The molecule has 1 unspecified atom stereocenters. The Labute approximate surface area is 173 Å². The summed E-state index contributed by atoms with van der Waals surface area (Å²) in [5.74, 6) is 0. The Kier molecular flexibility index (Phi) is 7.02. The van der Waals surface area contributed by atoms with Crippen molar-refractivity contribution in [3.05, 3.63) is 34.2 Å². The predicted octanol–water partition coefficient (Wildman–Crippen LogP) is 1.12. The lowest BCUT2D eigenvalue weighted by molar-refractivity contribution is 0.0976. The standard InChI is InChI=1S/C22H35N5O2/c1-25-21-18(6-4-15-29-16-14-26-12-10-23-11-13-26)5-2-8-20(21)27(22(25)28)19-7-3-9-24-17-19/h2,5,8,19,23-24H,3-4,6-7,9-17H2,1H3. The zero-order chi connectivity index (χ0) is 20.1. The van der Waals surface area contributed by atoms with Crippen molar-refractivity contribution in [3.8, 4) is 0 Å². The highest BCUT2D eigenvalue weighted by Gasteiger charge is 2.22. The molecule has 2 N–H and O–H groups in total. The summed E-state index contributed by atoms with van der Waals surface area (Å²) in [5, 5.41) is 6.81. The molecule has 0 radical (unpaired) electrons. The SMILES string of the molecule is Cn1c(=O)n(C2CCCNC2)c2cccc(CCCOCCN3CCNCC3)c21. The summed E-state index contributed by atoms with van der Waals surface area (Å²) >= 11 is 0.